The Morgan fingerprint density at radius 3 is 2.72 bits per heavy atom. The minimum Gasteiger partial charge on any atom is -0.338 e. The number of hydrogen-bond acceptors (Lipinski definition) is 4. The molecule has 1 aromatic heterocycles. The van der Waals surface area contributed by atoms with Crippen molar-refractivity contribution < 1.29 is 13.2 Å². The van der Waals surface area contributed by atoms with Gasteiger partial charge in [-0.1, -0.05) is 37.3 Å². The maximum absolute atomic E-state index is 12.7. The molecule has 1 amide bonds. The highest BCUT2D eigenvalue weighted by Crippen LogP contribution is 2.24. The van der Waals surface area contributed by atoms with Crippen LogP contribution in [0.3, 0.4) is 0 Å². The van der Waals surface area contributed by atoms with Gasteiger partial charge in [-0.3, -0.25) is 9.78 Å². The van der Waals surface area contributed by atoms with Crippen molar-refractivity contribution in [2.45, 2.75) is 52.6 Å². The second kappa shape index (κ2) is 9.50. The minimum absolute atomic E-state index is 0.123. The van der Waals surface area contributed by atoms with Crippen LogP contribution in [0, 0.1) is 6.92 Å². The molecule has 0 unspecified atom stereocenters. The van der Waals surface area contributed by atoms with Crippen LogP contribution in [0.2, 0.25) is 0 Å². The molecule has 0 spiro atoms. The summed E-state index contributed by atoms with van der Waals surface area (Å²) in [5.74, 6) is 0.267. The summed E-state index contributed by atoms with van der Waals surface area (Å²) in [4.78, 5) is 19.0. The van der Waals surface area contributed by atoms with Gasteiger partial charge in [0.25, 0.3) is 0 Å². The van der Waals surface area contributed by atoms with Crippen LogP contribution in [-0.2, 0) is 40.7 Å². The van der Waals surface area contributed by atoms with E-state index in [4.69, 9.17) is 0 Å². The van der Waals surface area contributed by atoms with Gasteiger partial charge in [0.05, 0.1) is 5.75 Å². The molecule has 0 bridgehead atoms. The number of fused-ring (bicyclic) bond motifs is 1. The molecule has 0 fully saturated rings. The largest absolute Gasteiger partial charge is 0.338 e. The van der Waals surface area contributed by atoms with Gasteiger partial charge in [0.2, 0.25) is 15.9 Å². The fourth-order valence-electron chi connectivity index (χ4n) is 3.75. The second-order valence-corrected chi connectivity index (χ2v) is 9.44. The van der Waals surface area contributed by atoms with Gasteiger partial charge in [-0.25, -0.2) is 13.1 Å². The van der Waals surface area contributed by atoms with E-state index in [0.29, 0.717) is 25.9 Å². The van der Waals surface area contributed by atoms with Gasteiger partial charge in [-0.15, -0.1) is 0 Å². The van der Waals surface area contributed by atoms with E-state index in [9.17, 15) is 13.2 Å². The normalized spacial score (nSPS) is 13.9. The molecule has 0 aliphatic carbocycles. The SMILES string of the molecule is CCCS(=O)(=O)NCc1c(C)ncc2c1CCN(C(=O)CCc1ccccc1)C2. The molecule has 156 valence electrons. The first-order valence-corrected chi connectivity index (χ1v) is 11.8. The van der Waals surface area contributed by atoms with Crippen LogP contribution in [0.25, 0.3) is 0 Å². The smallest absolute Gasteiger partial charge is 0.223 e. The van der Waals surface area contributed by atoms with E-state index in [1.807, 2.05) is 55.3 Å². The van der Waals surface area contributed by atoms with E-state index < -0.39 is 10.0 Å². The van der Waals surface area contributed by atoms with Gasteiger partial charge in [0, 0.05) is 37.9 Å². The summed E-state index contributed by atoms with van der Waals surface area (Å²) in [6.45, 7) is 5.19. The maximum Gasteiger partial charge on any atom is 0.223 e. The lowest BCUT2D eigenvalue weighted by Gasteiger charge is -2.30. The van der Waals surface area contributed by atoms with Crippen molar-refractivity contribution in [3.8, 4) is 0 Å². The van der Waals surface area contributed by atoms with Crippen molar-refractivity contribution in [2.24, 2.45) is 0 Å². The Hall–Kier alpha value is -2.25. The average Bonchev–Trinajstić information content (AvgIpc) is 2.71. The fraction of sp³-hybridized carbons (Fsp3) is 0.455. The molecule has 0 radical (unpaired) electrons. The standard InChI is InChI=1S/C22H29N3O3S/c1-3-13-29(27,28)24-15-21-17(2)23-14-19-16-25(12-11-20(19)21)22(26)10-9-18-7-5-4-6-8-18/h4-8,14,24H,3,9-13,15-16H2,1-2H3. The van der Waals surface area contributed by atoms with E-state index >= 15 is 0 Å². The highest BCUT2D eigenvalue weighted by atomic mass is 32.2. The Balaban J connectivity index is 1.66. The average molecular weight is 416 g/mol. The third kappa shape index (κ3) is 5.64. The molecule has 1 N–H and O–H groups in total. The first kappa shape index (κ1) is 21.5. The van der Waals surface area contributed by atoms with Crippen LogP contribution in [0.15, 0.2) is 36.5 Å². The summed E-state index contributed by atoms with van der Waals surface area (Å²) in [6, 6.07) is 10.0. The van der Waals surface area contributed by atoms with E-state index in [1.165, 1.54) is 0 Å². The van der Waals surface area contributed by atoms with Crippen molar-refractivity contribution in [3.05, 3.63) is 64.5 Å². The number of pyridine rings is 1. The van der Waals surface area contributed by atoms with Gasteiger partial charge in [-0.2, -0.15) is 0 Å². The Morgan fingerprint density at radius 2 is 2.00 bits per heavy atom. The van der Waals surface area contributed by atoms with Crippen molar-refractivity contribution in [1.82, 2.24) is 14.6 Å². The first-order valence-electron chi connectivity index (χ1n) is 10.1. The number of carbonyl (C=O) groups is 1. The van der Waals surface area contributed by atoms with Crippen LogP contribution in [0.4, 0.5) is 0 Å². The van der Waals surface area contributed by atoms with Crippen molar-refractivity contribution in [3.63, 3.8) is 0 Å². The number of hydrogen-bond donors (Lipinski definition) is 1. The third-order valence-electron chi connectivity index (χ3n) is 5.36. The van der Waals surface area contributed by atoms with Crippen LogP contribution in [-0.4, -0.2) is 36.5 Å². The molecular weight excluding hydrogens is 386 g/mol. The number of aryl methyl sites for hydroxylation is 2. The third-order valence-corrected chi connectivity index (χ3v) is 6.89. The van der Waals surface area contributed by atoms with E-state index in [2.05, 4.69) is 9.71 Å². The molecule has 2 aromatic rings. The summed E-state index contributed by atoms with van der Waals surface area (Å²) in [5, 5.41) is 0. The number of nitrogens with one attached hydrogen (secondary N) is 1. The highest BCUT2D eigenvalue weighted by molar-refractivity contribution is 7.89. The summed E-state index contributed by atoms with van der Waals surface area (Å²) in [5.41, 5.74) is 5.09. The molecule has 1 aromatic carbocycles. The second-order valence-electron chi connectivity index (χ2n) is 7.52. The predicted octanol–water partition coefficient (Wildman–Crippen LogP) is 2.74. The Kier molecular flexibility index (Phi) is 7.03. The van der Waals surface area contributed by atoms with E-state index in [1.54, 1.807) is 0 Å². The maximum atomic E-state index is 12.7. The lowest BCUT2D eigenvalue weighted by Crippen LogP contribution is -2.37. The quantitative estimate of drug-likeness (QED) is 0.719. The molecule has 0 saturated carbocycles. The lowest BCUT2D eigenvalue weighted by atomic mass is 9.94. The van der Waals surface area contributed by atoms with Gasteiger partial charge in [0.15, 0.2) is 0 Å². The molecule has 3 rings (SSSR count). The number of benzene rings is 1. The van der Waals surface area contributed by atoms with Crippen molar-refractivity contribution in [1.29, 1.82) is 0 Å². The van der Waals surface area contributed by atoms with E-state index in [-0.39, 0.29) is 18.2 Å². The van der Waals surface area contributed by atoms with Gasteiger partial charge in [-0.05, 0) is 48.4 Å². The zero-order chi connectivity index (χ0) is 20.9. The molecule has 2 heterocycles. The fourth-order valence-corrected chi connectivity index (χ4v) is 4.79. The monoisotopic (exact) mass is 415 g/mol. The van der Waals surface area contributed by atoms with Gasteiger partial charge in [0.1, 0.15) is 0 Å². The molecule has 7 heteroatoms. The van der Waals surface area contributed by atoms with Crippen LogP contribution in [0.1, 0.15) is 47.7 Å². The minimum atomic E-state index is -3.27. The van der Waals surface area contributed by atoms with Crippen LogP contribution < -0.4 is 4.72 Å². The molecular formula is C22H29N3O3S. The number of carbonyl (C=O) groups excluding carboxylic acids is 1. The molecule has 1 aliphatic rings. The Morgan fingerprint density at radius 1 is 1.24 bits per heavy atom. The highest BCUT2D eigenvalue weighted by Gasteiger charge is 2.24. The van der Waals surface area contributed by atoms with E-state index in [0.717, 1.165) is 40.8 Å². The zero-order valence-electron chi connectivity index (χ0n) is 17.1. The summed E-state index contributed by atoms with van der Waals surface area (Å²) < 4.78 is 26.7. The summed E-state index contributed by atoms with van der Waals surface area (Å²) in [7, 11) is -3.27. The number of amides is 1. The zero-order valence-corrected chi connectivity index (χ0v) is 18.0. The first-order chi connectivity index (χ1) is 13.9. The van der Waals surface area contributed by atoms with Gasteiger partial charge >= 0.3 is 0 Å². The number of sulfonamides is 1. The molecule has 0 atom stereocenters. The van der Waals surface area contributed by atoms with Crippen LogP contribution >= 0.6 is 0 Å². The predicted molar refractivity (Wildman–Crippen MR) is 114 cm³/mol. The number of rotatable bonds is 8. The van der Waals surface area contributed by atoms with Crippen molar-refractivity contribution >= 4 is 15.9 Å². The van der Waals surface area contributed by atoms with Crippen molar-refractivity contribution in [2.75, 3.05) is 12.3 Å². The molecule has 29 heavy (non-hydrogen) atoms. The lowest BCUT2D eigenvalue weighted by molar-refractivity contribution is -0.132. The number of nitrogens with zero attached hydrogens (tertiary/aromatic N) is 2. The van der Waals surface area contributed by atoms with Gasteiger partial charge < -0.3 is 4.90 Å². The molecule has 0 saturated heterocycles. The van der Waals surface area contributed by atoms with Crippen LogP contribution in [0.5, 0.6) is 0 Å². The number of aromatic nitrogens is 1. The Bertz CT molecular complexity index is 959. The molecule has 1 aliphatic heterocycles. The topological polar surface area (TPSA) is 79.4 Å². The summed E-state index contributed by atoms with van der Waals surface area (Å²) in [6.07, 6.45) is 4.35. The Labute approximate surface area is 173 Å². The summed E-state index contributed by atoms with van der Waals surface area (Å²) >= 11 is 0. The molecule has 6 nitrogen and oxygen atoms in total.